The van der Waals surface area contributed by atoms with Crippen LogP contribution in [0.25, 0.3) is 0 Å². The van der Waals surface area contributed by atoms with Gasteiger partial charge in [-0.15, -0.1) is 0 Å². The molecule has 0 aromatic rings. The first-order chi connectivity index (χ1) is 6.43. The van der Waals surface area contributed by atoms with Crippen LogP contribution in [0.5, 0.6) is 0 Å². The Labute approximate surface area is 82.1 Å². The molecule has 3 rings (SSSR count). The van der Waals surface area contributed by atoms with Crippen LogP contribution < -0.4 is 0 Å². The molecule has 74 valence electrons. The maximum atomic E-state index is 1.62. The average Bonchev–Trinajstić information content (AvgIpc) is 2.72. The molecule has 0 radical (unpaired) electrons. The molecule has 0 amide bonds. The van der Waals surface area contributed by atoms with Gasteiger partial charge in [-0.3, -0.25) is 0 Å². The Morgan fingerprint density at radius 2 is 0.923 bits per heavy atom. The van der Waals surface area contributed by atoms with Crippen molar-refractivity contribution in [3.63, 3.8) is 0 Å². The van der Waals surface area contributed by atoms with E-state index in [9.17, 15) is 0 Å². The number of fused-ring (bicyclic) bond motifs is 2. The highest BCUT2D eigenvalue weighted by atomic mass is 14.4. The van der Waals surface area contributed by atoms with Crippen molar-refractivity contribution >= 4 is 0 Å². The van der Waals surface area contributed by atoms with Crippen LogP contribution >= 0.6 is 0 Å². The molecule has 0 aromatic carbocycles. The highest BCUT2D eigenvalue weighted by molar-refractivity contribution is 4.88. The zero-order valence-electron chi connectivity index (χ0n) is 8.67. The van der Waals surface area contributed by atoms with Crippen molar-refractivity contribution in [2.24, 2.45) is 23.7 Å². The van der Waals surface area contributed by atoms with Crippen molar-refractivity contribution in [2.75, 3.05) is 0 Å². The van der Waals surface area contributed by atoms with Gasteiger partial charge in [0.2, 0.25) is 0 Å². The molecule has 3 fully saturated rings. The molecular formula is C13H22. The molecule has 0 aliphatic heterocycles. The van der Waals surface area contributed by atoms with E-state index in [-0.39, 0.29) is 0 Å². The van der Waals surface area contributed by atoms with Gasteiger partial charge in [-0.2, -0.15) is 0 Å². The predicted octanol–water partition coefficient (Wildman–Crippen LogP) is 4.00. The Bertz CT molecular complexity index is 164. The molecule has 0 spiro atoms. The molecule has 3 aliphatic carbocycles. The summed E-state index contributed by atoms with van der Waals surface area (Å²) in [7, 11) is 0. The molecule has 13 heavy (non-hydrogen) atoms. The molecule has 0 saturated heterocycles. The highest BCUT2D eigenvalue weighted by Gasteiger charge is 2.37. The van der Waals surface area contributed by atoms with E-state index in [4.69, 9.17) is 0 Å². The summed E-state index contributed by atoms with van der Waals surface area (Å²) in [5.41, 5.74) is 0. The van der Waals surface area contributed by atoms with E-state index in [0.29, 0.717) is 0 Å². The maximum absolute atomic E-state index is 1.62. The molecule has 3 aliphatic rings. The third kappa shape index (κ3) is 1.43. The van der Waals surface area contributed by atoms with E-state index in [0.717, 1.165) is 23.7 Å². The molecule has 0 aromatic heterocycles. The van der Waals surface area contributed by atoms with Crippen molar-refractivity contribution in [3.05, 3.63) is 0 Å². The first-order valence-corrected chi connectivity index (χ1v) is 6.43. The van der Waals surface area contributed by atoms with Crippen LogP contribution in [-0.4, -0.2) is 0 Å². The van der Waals surface area contributed by atoms with Crippen LogP contribution in [0.4, 0.5) is 0 Å². The first-order valence-electron chi connectivity index (χ1n) is 6.43. The molecule has 0 heteroatoms. The van der Waals surface area contributed by atoms with Crippen molar-refractivity contribution < 1.29 is 0 Å². The van der Waals surface area contributed by atoms with Crippen molar-refractivity contribution in [1.29, 1.82) is 0 Å². The van der Waals surface area contributed by atoms with Crippen molar-refractivity contribution in [1.82, 2.24) is 0 Å². The Morgan fingerprint density at radius 3 is 1.46 bits per heavy atom. The average molecular weight is 178 g/mol. The van der Waals surface area contributed by atoms with Gasteiger partial charge in [-0.25, -0.2) is 0 Å². The van der Waals surface area contributed by atoms with Gasteiger partial charge in [0.1, 0.15) is 0 Å². The van der Waals surface area contributed by atoms with Gasteiger partial charge in [-0.1, -0.05) is 38.5 Å². The summed E-state index contributed by atoms with van der Waals surface area (Å²) in [5.74, 6) is 4.64. The molecule has 0 nitrogen and oxygen atoms in total. The van der Waals surface area contributed by atoms with E-state index >= 15 is 0 Å². The van der Waals surface area contributed by atoms with Gasteiger partial charge in [-0.05, 0) is 42.9 Å². The van der Waals surface area contributed by atoms with E-state index in [1.807, 2.05) is 0 Å². The Kier molecular flexibility index (Phi) is 2.11. The van der Waals surface area contributed by atoms with Gasteiger partial charge in [0, 0.05) is 0 Å². The molecule has 0 bridgehead atoms. The maximum Gasteiger partial charge on any atom is -0.0383 e. The smallest absolute Gasteiger partial charge is 0.0383 e. The minimum absolute atomic E-state index is 1.16. The summed E-state index contributed by atoms with van der Waals surface area (Å²) < 4.78 is 0. The summed E-state index contributed by atoms with van der Waals surface area (Å²) in [6.45, 7) is 0. The summed E-state index contributed by atoms with van der Waals surface area (Å²) in [6.07, 6.45) is 14.2. The SMILES string of the molecule is C1CC2CCC3CCCC3CC2C1. The van der Waals surface area contributed by atoms with Crippen LogP contribution in [0.15, 0.2) is 0 Å². The lowest BCUT2D eigenvalue weighted by molar-refractivity contribution is 0.313. The topological polar surface area (TPSA) is 0 Å². The molecule has 0 heterocycles. The van der Waals surface area contributed by atoms with Gasteiger partial charge in [0.15, 0.2) is 0 Å². The normalized spacial score (nSPS) is 49.8. The first kappa shape index (κ1) is 8.32. The third-order valence-electron chi connectivity index (χ3n) is 5.15. The molecule has 4 unspecified atom stereocenters. The van der Waals surface area contributed by atoms with Gasteiger partial charge < -0.3 is 0 Å². The largest absolute Gasteiger partial charge is 0.0528 e. The van der Waals surface area contributed by atoms with Crippen LogP contribution in [0.3, 0.4) is 0 Å². The van der Waals surface area contributed by atoms with Crippen LogP contribution in [0.2, 0.25) is 0 Å². The molecule has 3 saturated carbocycles. The van der Waals surface area contributed by atoms with Crippen molar-refractivity contribution in [2.45, 2.75) is 57.8 Å². The fraction of sp³-hybridized carbons (Fsp3) is 1.00. The molecule has 4 atom stereocenters. The summed E-state index contributed by atoms with van der Waals surface area (Å²) in [6, 6.07) is 0. The Morgan fingerprint density at radius 1 is 0.462 bits per heavy atom. The van der Waals surface area contributed by atoms with E-state index in [2.05, 4.69) is 0 Å². The second kappa shape index (κ2) is 3.29. The summed E-state index contributed by atoms with van der Waals surface area (Å²) >= 11 is 0. The number of hydrogen-bond acceptors (Lipinski definition) is 0. The van der Waals surface area contributed by atoms with E-state index < -0.39 is 0 Å². The quantitative estimate of drug-likeness (QED) is 0.526. The molecular weight excluding hydrogens is 156 g/mol. The van der Waals surface area contributed by atoms with Gasteiger partial charge in [0.05, 0.1) is 0 Å². The summed E-state index contributed by atoms with van der Waals surface area (Å²) in [4.78, 5) is 0. The second-order valence-corrected chi connectivity index (χ2v) is 5.72. The predicted molar refractivity (Wildman–Crippen MR) is 55.5 cm³/mol. The van der Waals surface area contributed by atoms with Crippen LogP contribution in [0.1, 0.15) is 57.8 Å². The lowest BCUT2D eigenvalue weighted by Gasteiger charge is -2.19. The zero-order valence-corrected chi connectivity index (χ0v) is 8.67. The Hall–Kier alpha value is 0. The van der Waals surface area contributed by atoms with Gasteiger partial charge in [0.25, 0.3) is 0 Å². The fourth-order valence-electron chi connectivity index (χ4n) is 4.42. The second-order valence-electron chi connectivity index (χ2n) is 5.72. The highest BCUT2D eigenvalue weighted by Crippen LogP contribution is 2.49. The Balaban J connectivity index is 1.73. The zero-order chi connectivity index (χ0) is 8.67. The van der Waals surface area contributed by atoms with Crippen molar-refractivity contribution in [3.8, 4) is 0 Å². The lowest BCUT2D eigenvalue weighted by Crippen LogP contribution is -2.09. The van der Waals surface area contributed by atoms with E-state index in [1.165, 1.54) is 0 Å². The number of hydrogen-bond donors (Lipinski definition) is 0. The van der Waals surface area contributed by atoms with Crippen LogP contribution in [0, 0.1) is 23.7 Å². The lowest BCUT2D eigenvalue weighted by atomic mass is 9.87. The number of rotatable bonds is 0. The summed E-state index contributed by atoms with van der Waals surface area (Å²) in [5, 5.41) is 0. The standard InChI is InChI=1S/C13H22/c1-3-10-7-8-11-4-2-6-13(11)9-12(10)5-1/h10-13H,1-9H2. The van der Waals surface area contributed by atoms with Gasteiger partial charge >= 0.3 is 0 Å². The van der Waals surface area contributed by atoms with Crippen LogP contribution in [-0.2, 0) is 0 Å². The fourth-order valence-corrected chi connectivity index (χ4v) is 4.42. The minimum atomic E-state index is 1.16. The van der Waals surface area contributed by atoms with E-state index in [1.54, 1.807) is 57.8 Å². The minimum Gasteiger partial charge on any atom is -0.0528 e. The molecule has 0 N–H and O–H groups in total. The third-order valence-corrected chi connectivity index (χ3v) is 5.15. The monoisotopic (exact) mass is 178 g/mol.